The zero-order valence-corrected chi connectivity index (χ0v) is 14.1. The summed E-state index contributed by atoms with van der Waals surface area (Å²) < 4.78 is 18.4. The van der Waals surface area contributed by atoms with Crippen LogP contribution in [0.5, 0.6) is 5.75 Å². The SMILES string of the molecule is COc1ccc(C(=O)C2CCN(C(=O)c3cccc(F)c3)CC2)cc1. The molecule has 2 aromatic carbocycles. The average molecular weight is 341 g/mol. The molecule has 0 bridgehead atoms. The number of hydrogen-bond donors (Lipinski definition) is 0. The average Bonchev–Trinajstić information content (AvgIpc) is 2.67. The van der Waals surface area contributed by atoms with Gasteiger partial charge in [-0.1, -0.05) is 6.07 Å². The normalized spacial score (nSPS) is 15.0. The van der Waals surface area contributed by atoms with Crippen LogP contribution in [0.4, 0.5) is 4.39 Å². The van der Waals surface area contributed by atoms with Gasteiger partial charge in [0.15, 0.2) is 5.78 Å². The number of ether oxygens (including phenoxy) is 1. The molecule has 0 unspecified atom stereocenters. The van der Waals surface area contributed by atoms with E-state index in [9.17, 15) is 14.0 Å². The van der Waals surface area contributed by atoms with Crippen molar-refractivity contribution in [2.75, 3.05) is 20.2 Å². The maximum atomic E-state index is 13.3. The molecule has 1 saturated heterocycles. The number of ketones is 1. The smallest absolute Gasteiger partial charge is 0.253 e. The molecule has 1 amide bonds. The second-order valence-corrected chi connectivity index (χ2v) is 6.17. The summed E-state index contributed by atoms with van der Waals surface area (Å²) in [4.78, 5) is 26.7. The molecule has 0 saturated carbocycles. The summed E-state index contributed by atoms with van der Waals surface area (Å²) in [6.45, 7) is 1.00. The third kappa shape index (κ3) is 3.87. The van der Waals surface area contributed by atoms with Crippen molar-refractivity contribution in [2.24, 2.45) is 5.92 Å². The Labute approximate surface area is 146 Å². The highest BCUT2D eigenvalue weighted by atomic mass is 19.1. The van der Waals surface area contributed by atoms with Crippen LogP contribution >= 0.6 is 0 Å². The number of likely N-dealkylation sites (tertiary alicyclic amines) is 1. The van der Waals surface area contributed by atoms with Gasteiger partial charge in [0.25, 0.3) is 5.91 Å². The Kier molecular flexibility index (Phi) is 5.12. The van der Waals surface area contributed by atoms with E-state index >= 15 is 0 Å². The Morgan fingerprint density at radius 1 is 1.04 bits per heavy atom. The minimum atomic E-state index is -0.421. The molecule has 0 N–H and O–H groups in total. The second-order valence-electron chi connectivity index (χ2n) is 6.17. The Hall–Kier alpha value is -2.69. The number of carbonyl (C=O) groups excluding carboxylic acids is 2. The van der Waals surface area contributed by atoms with Crippen molar-refractivity contribution in [3.05, 3.63) is 65.5 Å². The number of benzene rings is 2. The molecule has 1 aliphatic heterocycles. The number of halogens is 1. The number of piperidine rings is 1. The van der Waals surface area contributed by atoms with Crippen molar-refractivity contribution in [2.45, 2.75) is 12.8 Å². The molecule has 1 fully saturated rings. The van der Waals surface area contributed by atoms with Crippen molar-refractivity contribution in [3.8, 4) is 5.75 Å². The first-order valence-corrected chi connectivity index (χ1v) is 8.31. The number of rotatable bonds is 4. The van der Waals surface area contributed by atoms with Gasteiger partial charge in [0, 0.05) is 30.1 Å². The van der Waals surface area contributed by atoms with Crippen LogP contribution in [-0.2, 0) is 0 Å². The number of Topliss-reactive ketones (excluding diaryl/α,β-unsaturated/α-hetero) is 1. The quantitative estimate of drug-likeness (QED) is 0.799. The lowest BCUT2D eigenvalue weighted by Gasteiger charge is -2.31. The zero-order valence-electron chi connectivity index (χ0n) is 14.1. The topological polar surface area (TPSA) is 46.6 Å². The van der Waals surface area contributed by atoms with Crippen molar-refractivity contribution >= 4 is 11.7 Å². The van der Waals surface area contributed by atoms with Gasteiger partial charge in [-0.3, -0.25) is 9.59 Å². The Morgan fingerprint density at radius 3 is 2.32 bits per heavy atom. The summed E-state index contributed by atoms with van der Waals surface area (Å²) in [6, 6.07) is 12.8. The fourth-order valence-corrected chi connectivity index (χ4v) is 3.14. The first kappa shape index (κ1) is 17.1. The van der Waals surface area contributed by atoms with Gasteiger partial charge in [-0.2, -0.15) is 0 Å². The summed E-state index contributed by atoms with van der Waals surface area (Å²) in [5.74, 6) is 0.114. The second kappa shape index (κ2) is 7.47. The molecule has 3 rings (SSSR count). The van der Waals surface area contributed by atoms with Gasteiger partial charge in [-0.15, -0.1) is 0 Å². The molecule has 2 aromatic rings. The molecule has 5 heteroatoms. The van der Waals surface area contributed by atoms with E-state index in [0.717, 1.165) is 0 Å². The molecule has 0 radical (unpaired) electrons. The van der Waals surface area contributed by atoms with Crippen LogP contribution in [0.25, 0.3) is 0 Å². The minimum absolute atomic E-state index is 0.0926. The first-order chi connectivity index (χ1) is 12.1. The van der Waals surface area contributed by atoms with Gasteiger partial charge >= 0.3 is 0 Å². The first-order valence-electron chi connectivity index (χ1n) is 8.31. The predicted octanol–water partition coefficient (Wildman–Crippen LogP) is 3.57. The monoisotopic (exact) mass is 341 g/mol. The Bertz CT molecular complexity index is 765. The minimum Gasteiger partial charge on any atom is -0.497 e. The molecule has 4 nitrogen and oxygen atoms in total. The van der Waals surface area contributed by atoms with Crippen molar-refractivity contribution in [3.63, 3.8) is 0 Å². The van der Waals surface area contributed by atoms with E-state index in [1.54, 1.807) is 42.3 Å². The van der Waals surface area contributed by atoms with Gasteiger partial charge in [0.2, 0.25) is 0 Å². The van der Waals surface area contributed by atoms with Crippen molar-refractivity contribution < 1.29 is 18.7 Å². The zero-order chi connectivity index (χ0) is 17.8. The van der Waals surface area contributed by atoms with E-state index in [2.05, 4.69) is 0 Å². The fraction of sp³-hybridized carbons (Fsp3) is 0.300. The van der Waals surface area contributed by atoms with Crippen LogP contribution in [0.2, 0.25) is 0 Å². The number of methoxy groups -OCH3 is 1. The van der Waals surface area contributed by atoms with Gasteiger partial charge in [0.1, 0.15) is 11.6 Å². The number of hydrogen-bond acceptors (Lipinski definition) is 3. The highest BCUT2D eigenvalue weighted by Crippen LogP contribution is 2.24. The van der Waals surface area contributed by atoms with E-state index in [1.807, 2.05) is 0 Å². The van der Waals surface area contributed by atoms with Crippen LogP contribution in [0.1, 0.15) is 33.6 Å². The number of amides is 1. The fourth-order valence-electron chi connectivity index (χ4n) is 3.14. The number of carbonyl (C=O) groups is 2. The summed E-state index contributed by atoms with van der Waals surface area (Å²) >= 11 is 0. The molecule has 0 aromatic heterocycles. The summed E-state index contributed by atoms with van der Waals surface area (Å²) in [6.07, 6.45) is 1.23. The highest BCUT2D eigenvalue weighted by molar-refractivity contribution is 5.98. The van der Waals surface area contributed by atoms with E-state index in [0.29, 0.717) is 42.8 Å². The molecule has 1 heterocycles. The largest absolute Gasteiger partial charge is 0.497 e. The lowest BCUT2D eigenvalue weighted by atomic mass is 9.88. The van der Waals surface area contributed by atoms with Crippen LogP contribution in [0.3, 0.4) is 0 Å². The standard InChI is InChI=1S/C20H20FNO3/c1-25-18-7-5-14(6-8-18)19(23)15-9-11-22(12-10-15)20(24)16-3-2-4-17(21)13-16/h2-8,13,15H,9-12H2,1H3. The molecular formula is C20H20FNO3. The molecule has 1 aliphatic rings. The molecule has 25 heavy (non-hydrogen) atoms. The van der Waals surface area contributed by atoms with E-state index in [4.69, 9.17) is 4.74 Å². The lowest BCUT2D eigenvalue weighted by molar-refractivity contribution is 0.0650. The van der Waals surface area contributed by atoms with Crippen LogP contribution in [0, 0.1) is 11.7 Å². The van der Waals surface area contributed by atoms with Crippen molar-refractivity contribution in [1.29, 1.82) is 0 Å². The Morgan fingerprint density at radius 2 is 1.72 bits per heavy atom. The highest BCUT2D eigenvalue weighted by Gasteiger charge is 2.28. The van der Waals surface area contributed by atoms with Gasteiger partial charge in [0.05, 0.1) is 7.11 Å². The maximum absolute atomic E-state index is 13.3. The van der Waals surface area contributed by atoms with Gasteiger partial charge < -0.3 is 9.64 Å². The third-order valence-corrected chi connectivity index (χ3v) is 4.60. The summed E-state index contributed by atoms with van der Waals surface area (Å²) in [7, 11) is 1.59. The third-order valence-electron chi connectivity index (χ3n) is 4.60. The lowest BCUT2D eigenvalue weighted by Crippen LogP contribution is -2.40. The maximum Gasteiger partial charge on any atom is 0.253 e. The molecule has 0 atom stereocenters. The molecule has 130 valence electrons. The van der Waals surface area contributed by atoms with Gasteiger partial charge in [-0.05, 0) is 55.3 Å². The van der Waals surface area contributed by atoms with E-state index in [-0.39, 0.29) is 17.6 Å². The predicted molar refractivity (Wildman–Crippen MR) is 92.4 cm³/mol. The van der Waals surface area contributed by atoms with E-state index in [1.165, 1.54) is 18.2 Å². The van der Waals surface area contributed by atoms with Gasteiger partial charge in [-0.25, -0.2) is 4.39 Å². The van der Waals surface area contributed by atoms with Crippen LogP contribution in [0.15, 0.2) is 48.5 Å². The summed E-state index contributed by atoms with van der Waals surface area (Å²) in [5, 5.41) is 0. The Balaban J connectivity index is 1.61. The molecule has 0 aliphatic carbocycles. The molecular weight excluding hydrogens is 321 g/mol. The number of nitrogens with zero attached hydrogens (tertiary/aromatic N) is 1. The molecule has 0 spiro atoms. The van der Waals surface area contributed by atoms with Crippen LogP contribution < -0.4 is 4.74 Å². The van der Waals surface area contributed by atoms with Crippen molar-refractivity contribution in [1.82, 2.24) is 4.90 Å². The van der Waals surface area contributed by atoms with E-state index < -0.39 is 5.82 Å². The summed E-state index contributed by atoms with van der Waals surface area (Å²) in [5.41, 5.74) is 1.01. The van der Waals surface area contributed by atoms with Crippen LogP contribution in [-0.4, -0.2) is 36.8 Å².